The molecule has 1 unspecified atom stereocenters. The van der Waals surface area contributed by atoms with Gasteiger partial charge in [0.1, 0.15) is 0 Å². The molecule has 0 aliphatic heterocycles. The number of nitrogen functional groups attached to an aromatic ring is 1. The van der Waals surface area contributed by atoms with Crippen LogP contribution in [-0.4, -0.2) is 11.0 Å². The number of pyridine rings is 1. The highest BCUT2D eigenvalue weighted by atomic mass is 14.9. The molecule has 0 aliphatic carbocycles. The number of nitrogens with zero attached hydrogens (tertiary/aromatic N) is 1. The number of nitrogens with one attached hydrogen (secondary N) is 1. The van der Waals surface area contributed by atoms with E-state index < -0.39 is 0 Å². The summed E-state index contributed by atoms with van der Waals surface area (Å²) in [5, 5.41) is 4.64. The largest absolute Gasteiger partial charge is 0.396 e. The molecule has 0 saturated carbocycles. The van der Waals surface area contributed by atoms with Crippen LogP contribution in [0.25, 0.3) is 10.9 Å². The van der Waals surface area contributed by atoms with Crippen molar-refractivity contribution in [3.05, 3.63) is 30.5 Å². The minimum absolute atomic E-state index is 0.413. The van der Waals surface area contributed by atoms with E-state index in [1.807, 2.05) is 18.2 Å². The maximum atomic E-state index is 6.07. The van der Waals surface area contributed by atoms with Gasteiger partial charge in [-0.05, 0) is 31.7 Å². The van der Waals surface area contributed by atoms with E-state index in [-0.39, 0.29) is 0 Å². The maximum absolute atomic E-state index is 6.07. The third-order valence-corrected chi connectivity index (χ3v) is 3.37. The highest BCUT2D eigenvalue weighted by molar-refractivity contribution is 5.96. The molecule has 0 bridgehead atoms. The second-order valence-electron chi connectivity index (χ2n) is 5.62. The van der Waals surface area contributed by atoms with Gasteiger partial charge >= 0.3 is 0 Å². The fourth-order valence-corrected chi connectivity index (χ4v) is 2.22. The molecule has 1 aromatic heterocycles. The van der Waals surface area contributed by atoms with Gasteiger partial charge in [-0.3, -0.25) is 4.98 Å². The summed E-state index contributed by atoms with van der Waals surface area (Å²) in [5.41, 5.74) is 8.78. The SMILES string of the molecule is CC(C)CCC(C)Nc1c(N)cnc2ccccc12. The van der Waals surface area contributed by atoms with Gasteiger partial charge in [0.25, 0.3) is 0 Å². The summed E-state index contributed by atoms with van der Waals surface area (Å²) in [6.07, 6.45) is 4.10. The molecule has 1 atom stereocenters. The first-order chi connectivity index (χ1) is 9.08. The van der Waals surface area contributed by atoms with E-state index in [4.69, 9.17) is 5.73 Å². The van der Waals surface area contributed by atoms with E-state index in [0.717, 1.165) is 34.6 Å². The minimum atomic E-state index is 0.413. The third kappa shape index (κ3) is 3.37. The summed E-state index contributed by atoms with van der Waals surface area (Å²) in [6, 6.07) is 8.51. The predicted octanol–water partition coefficient (Wildman–Crippen LogP) is 4.05. The first-order valence-electron chi connectivity index (χ1n) is 6.97. The Bertz CT molecular complexity index is 549. The minimum Gasteiger partial charge on any atom is -0.396 e. The lowest BCUT2D eigenvalue weighted by molar-refractivity contribution is 0.528. The van der Waals surface area contributed by atoms with Crippen molar-refractivity contribution in [1.82, 2.24) is 4.98 Å². The molecular formula is C16H23N3. The molecular weight excluding hydrogens is 234 g/mol. The topological polar surface area (TPSA) is 50.9 Å². The quantitative estimate of drug-likeness (QED) is 0.849. The van der Waals surface area contributed by atoms with Crippen LogP contribution in [0.3, 0.4) is 0 Å². The van der Waals surface area contributed by atoms with E-state index in [9.17, 15) is 0 Å². The lowest BCUT2D eigenvalue weighted by atomic mass is 10.0. The first-order valence-corrected chi connectivity index (χ1v) is 6.97. The molecule has 0 aliphatic rings. The molecule has 2 aromatic rings. The van der Waals surface area contributed by atoms with Gasteiger partial charge in [0.2, 0.25) is 0 Å². The molecule has 0 radical (unpaired) electrons. The lowest BCUT2D eigenvalue weighted by Crippen LogP contribution is -2.17. The molecule has 1 aromatic carbocycles. The van der Waals surface area contributed by atoms with Crippen molar-refractivity contribution in [2.75, 3.05) is 11.1 Å². The van der Waals surface area contributed by atoms with Crippen LogP contribution in [0.15, 0.2) is 30.5 Å². The average molecular weight is 257 g/mol. The van der Waals surface area contributed by atoms with Crippen LogP contribution in [0.5, 0.6) is 0 Å². The predicted molar refractivity (Wildman–Crippen MR) is 83.3 cm³/mol. The molecule has 3 heteroatoms. The van der Waals surface area contributed by atoms with Crippen molar-refractivity contribution in [2.45, 2.75) is 39.7 Å². The van der Waals surface area contributed by atoms with Gasteiger partial charge in [0, 0.05) is 11.4 Å². The van der Waals surface area contributed by atoms with Gasteiger partial charge in [0.15, 0.2) is 0 Å². The van der Waals surface area contributed by atoms with Crippen LogP contribution in [0.2, 0.25) is 0 Å². The summed E-state index contributed by atoms with van der Waals surface area (Å²) in [5.74, 6) is 0.732. The molecule has 3 nitrogen and oxygen atoms in total. The maximum Gasteiger partial charge on any atom is 0.0743 e. The number of rotatable bonds is 5. The van der Waals surface area contributed by atoms with Crippen LogP contribution in [-0.2, 0) is 0 Å². The average Bonchev–Trinajstić information content (AvgIpc) is 2.40. The molecule has 0 saturated heterocycles. The van der Waals surface area contributed by atoms with Crippen LogP contribution in [0.4, 0.5) is 11.4 Å². The van der Waals surface area contributed by atoms with Crippen molar-refractivity contribution < 1.29 is 0 Å². The van der Waals surface area contributed by atoms with Crippen LogP contribution in [0, 0.1) is 5.92 Å². The summed E-state index contributed by atoms with van der Waals surface area (Å²) >= 11 is 0. The molecule has 3 N–H and O–H groups in total. The van der Waals surface area contributed by atoms with E-state index in [1.54, 1.807) is 6.20 Å². The summed E-state index contributed by atoms with van der Waals surface area (Å²) < 4.78 is 0. The highest BCUT2D eigenvalue weighted by Crippen LogP contribution is 2.28. The summed E-state index contributed by atoms with van der Waals surface area (Å²) in [6.45, 7) is 6.71. The van der Waals surface area contributed by atoms with Crippen LogP contribution < -0.4 is 11.1 Å². The van der Waals surface area contributed by atoms with Gasteiger partial charge in [-0.1, -0.05) is 32.0 Å². The Labute approximate surface area is 115 Å². The van der Waals surface area contributed by atoms with Crippen LogP contribution >= 0.6 is 0 Å². The van der Waals surface area contributed by atoms with Crippen LogP contribution in [0.1, 0.15) is 33.6 Å². The molecule has 0 fully saturated rings. The Morgan fingerprint density at radius 1 is 1.16 bits per heavy atom. The number of hydrogen-bond donors (Lipinski definition) is 2. The smallest absolute Gasteiger partial charge is 0.0743 e. The number of para-hydroxylation sites is 1. The molecule has 19 heavy (non-hydrogen) atoms. The molecule has 2 rings (SSSR count). The Morgan fingerprint density at radius 3 is 2.63 bits per heavy atom. The van der Waals surface area contributed by atoms with E-state index >= 15 is 0 Å². The monoisotopic (exact) mass is 257 g/mol. The first kappa shape index (κ1) is 13.7. The van der Waals surface area contributed by atoms with Gasteiger partial charge in [0.05, 0.1) is 23.1 Å². The zero-order valence-electron chi connectivity index (χ0n) is 12.0. The Hall–Kier alpha value is -1.77. The second-order valence-corrected chi connectivity index (χ2v) is 5.62. The Kier molecular flexibility index (Phi) is 4.25. The molecule has 0 spiro atoms. The number of hydrogen-bond acceptors (Lipinski definition) is 3. The van der Waals surface area contributed by atoms with E-state index in [2.05, 4.69) is 37.1 Å². The Morgan fingerprint density at radius 2 is 1.89 bits per heavy atom. The molecule has 1 heterocycles. The van der Waals surface area contributed by atoms with Crippen molar-refractivity contribution in [3.8, 4) is 0 Å². The van der Waals surface area contributed by atoms with Crippen molar-refractivity contribution in [3.63, 3.8) is 0 Å². The zero-order valence-corrected chi connectivity index (χ0v) is 12.0. The highest BCUT2D eigenvalue weighted by Gasteiger charge is 2.10. The third-order valence-electron chi connectivity index (χ3n) is 3.37. The second kappa shape index (κ2) is 5.91. The summed E-state index contributed by atoms with van der Waals surface area (Å²) in [4.78, 5) is 4.36. The van der Waals surface area contributed by atoms with E-state index in [1.165, 1.54) is 6.42 Å². The molecule has 0 amide bonds. The number of benzene rings is 1. The standard InChI is InChI=1S/C16H23N3/c1-11(2)8-9-12(3)19-16-13-6-4-5-7-15(13)18-10-14(16)17/h4-7,10-12H,8-9,17H2,1-3H3,(H,18,19). The van der Waals surface area contributed by atoms with E-state index in [0.29, 0.717) is 6.04 Å². The van der Waals surface area contributed by atoms with Gasteiger partial charge in [-0.2, -0.15) is 0 Å². The fourth-order valence-electron chi connectivity index (χ4n) is 2.22. The number of fused-ring (bicyclic) bond motifs is 1. The number of nitrogens with two attached hydrogens (primary N) is 1. The summed E-state index contributed by atoms with van der Waals surface area (Å²) in [7, 11) is 0. The lowest BCUT2D eigenvalue weighted by Gasteiger charge is -2.19. The van der Waals surface area contributed by atoms with Gasteiger partial charge in [-0.25, -0.2) is 0 Å². The van der Waals surface area contributed by atoms with Crippen molar-refractivity contribution >= 4 is 22.3 Å². The Balaban J connectivity index is 2.21. The van der Waals surface area contributed by atoms with Gasteiger partial charge in [-0.15, -0.1) is 0 Å². The van der Waals surface area contributed by atoms with Crippen molar-refractivity contribution in [1.29, 1.82) is 0 Å². The molecule has 102 valence electrons. The fraction of sp³-hybridized carbons (Fsp3) is 0.438. The van der Waals surface area contributed by atoms with Crippen molar-refractivity contribution in [2.24, 2.45) is 5.92 Å². The number of anilines is 2. The normalized spacial score (nSPS) is 12.8. The zero-order chi connectivity index (χ0) is 13.8. The number of aromatic nitrogens is 1. The van der Waals surface area contributed by atoms with Gasteiger partial charge < -0.3 is 11.1 Å².